The van der Waals surface area contributed by atoms with Crippen molar-refractivity contribution >= 4 is 14.3 Å². The minimum absolute atomic E-state index is 0.142. The standard InChI is InChI=1S/C13H26O3Si/c1-8-9-11(10-12(14)15-5)16-17(6,7)13(2,3)4/h8-9,11H,10H2,1-7H3/b9-8+/t11-/m0/s1. The predicted octanol–water partition coefficient (Wildman–Crippen LogP) is 3.52. The highest BCUT2D eigenvalue weighted by atomic mass is 28.4. The summed E-state index contributed by atoms with van der Waals surface area (Å²) >= 11 is 0. The van der Waals surface area contributed by atoms with Gasteiger partial charge in [-0.3, -0.25) is 4.79 Å². The SMILES string of the molecule is C/C=C/[C@@H](CC(=O)OC)O[Si](C)(C)C(C)(C)C. The van der Waals surface area contributed by atoms with Crippen LogP contribution in [0.15, 0.2) is 12.2 Å². The molecule has 0 saturated carbocycles. The van der Waals surface area contributed by atoms with Gasteiger partial charge in [-0.15, -0.1) is 0 Å². The molecule has 3 nitrogen and oxygen atoms in total. The molecule has 0 aliphatic heterocycles. The lowest BCUT2D eigenvalue weighted by molar-refractivity contribution is -0.142. The number of esters is 1. The van der Waals surface area contributed by atoms with Crippen molar-refractivity contribution in [2.45, 2.75) is 58.4 Å². The highest BCUT2D eigenvalue weighted by Gasteiger charge is 2.39. The van der Waals surface area contributed by atoms with E-state index in [2.05, 4.69) is 38.6 Å². The van der Waals surface area contributed by atoms with Gasteiger partial charge in [0.05, 0.1) is 19.6 Å². The number of carbonyl (C=O) groups is 1. The van der Waals surface area contributed by atoms with Gasteiger partial charge >= 0.3 is 5.97 Å². The summed E-state index contributed by atoms with van der Waals surface area (Å²) < 4.78 is 10.9. The zero-order valence-electron chi connectivity index (χ0n) is 12.2. The van der Waals surface area contributed by atoms with E-state index in [0.717, 1.165) is 0 Å². The van der Waals surface area contributed by atoms with Crippen LogP contribution in [-0.2, 0) is 14.0 Å². The third kappa shape index (κ3) is 5.50. The van der Waals surface area contributed by atoms with E-state index in [-0.39, 0.29) is 23.5 Å². The van der Waals surface area contributed by atoms with E-state index in [9.17, 15) is 4.79 Å². The zero-order valence-corrected chi connectivity index (χ0v) is 13.2. The van der Waals surface area contributed by atoms with Crippen LogP contribution in [0.4, 0.5) is 0 Å². The maximum atomic E-state index is 11.3. The molecule has 0 fully saturated rings. The Morgan fingerprint density at radius 2 is 1.88 bits per heavy atom. The summed E-state index contributed by atoms with van der Waals surface area (Å²) in [5.41, 5.74) is 0. The summed E-state index contributed by atoms with van der Waals surface area (Å²) in [5.74, 6) is -0.230. The quantitative estimate of drug-likeness (QED) is 0.430. The minimum atomic E-state index is -1.84. The fourth-order valence-corrected chi connectivity index (χ4v) is 2.44. The minimum Gasteiger partial charge on any atom is -0.469 e. The monoisotopic (exact) mass is 258 g/mol. The van der Waals surface area contributed by atoms with Crippen LogP contribution in [0.25, 0.3) is 0 Å². The predicted molar refractivity (Wildman–Crippen MR) is 73.5 cm³/mol. The van der Waals surface area contributed by atoms with Crippen molar-refractivity contribution in [3.05, 3.63) is 12.2 Å². The first-order valence-corrected chi connectivity index (χ1v) is 8.92. The third-order valence-electron chi connectivity index (χ3n) is 3.25. The van der Waals surface area contributed by atoms with Crippen LogP contribution < -0.4 is 0 Å². The molecular weight excluding hydrogens is 232 g/mol. The van der Waals surface area contributed by atoms with Crippen LogP contribution in [0.2, 0.25) is 18.1 Å². The molecule has 0 aromatic carbocycles. The molecule has 0 spiro atoms. The second-order valence-corrected chi connectivity index (χ2v) is 10.5. The summed E-state index contributed by atoms with van der Waals surface area (Å²) in [6.07, 6.45) is 3.96. The number of hydrogen-bond acceptors (Lipinski definition) is 3. The first-order valence-electron chi connectivity index (χ1n) is 6.01. The molecule has 0 aromatic rings. The van der Waals surface area contributed by atoms with Gasteiger partial charge in [-0.05, 0) is 25.1 Å². The van der Waals surface area contributed by atoms with E-state index in [1.165, 1.54) is 7.11 Å². The van der Waals surface area contributed by atoms with Gasteiger partial charge in [-0.2, -0.15) is 0 Å². The molecule has 0 bridgehead atoms. The molecule has 0 unspecified atom stereocenters. The smallest absolute Gasteiger partial charge is 0.308 e. The van der Waals surface area contributed by atoms with Crippen LogP contribution in [0.1, 0.15) is 34.1 Å². The molecule has 17 heavy (non-hydrogen) atoms. The molecule has 0 rings (SSSR count). The Morgan fingerprint density at radius 3 is 2.24 bits per heavy atom. The van der Waals surface area contributed by atoms with Gasteiger partial charge in [0.2, 0.25) is 0 Å². The lowest BCUT2D eigenvalue weighted by Crippen LogP contribution is -2.44. The van der Waals surface area contributed by atoms with E-state index in [4.69, 9.17) is 4.43 Å². The first-order chi connectivity index (χ1) is 7.64. The Kier molecular flexibility index (Phi) is 6.13. The van der Waals surface area contributed by atoms with Crippen molar-refractivity contribution in [1.29, 1.82) is 0 Å². The van der Waals surface area contributed by atoms with Gasteiger partial charge in [-0.1, -0.05) is 32.9 Å². The number of hydrogen-bond donors (Lipinski definition) is 0. The van der Waals surface area contributed by atoms with Gasteiger partial charge in [0.1, 0.15) is 0 Å². The van der Waals surface area contributed by atoms with Crippen LogP contribution in [0.5, 0.6) is 0 Å². The molecule has 0 aromatic heterocycles. The maximum absolute atomic E-state index is 11.3. The van der Waals surface area contributed by atoms with E-state index in [1.807, 2.05) is 19.1 Å². The Morgan fingerprint density at radius 1 is 1.35 bits per heavy atom. The van der Waals surface area contributed by atoms with E-state index >= 15 is 0 Å². The highest BCUT2D eigenvalue weighted by Crippen LogP contribution is 2.37. The highest BCUT2D eigenvalue weighted by molar-refractivity contribution is 6.74. The molecule has 4 heteroatoms. The summed E-state index contributed by atoms with van der Waals surface area (Å²) in [4.78, 5) is 11.3. The Balaban J connectivity index is 4.71. The molecule has 100 valence electrons. The third-order valence-corrected chi connectivity index (χ3v) is 7.76. The first kappa shape index (κ1) is 16.4. The van der Waals surface area contributed by atoms with Crippen LogP contribution in [0, 0.1) is 0 Å². The second kappa shape index (κ2) is 6.35. The van der Waals surface area contributed by atoms with E-state index in [1.54, 1.807) is 0 Å². The molecular formula is C13H26O3Si. The number of allylic oxidation sites excluding steroid dienone is 1. The fraction of sp³-hybridized carbons (Fsp3) is 0.769. The summed E-state index contributed by atoms with van der Waals surface area (Å²) in [7, 11) is -0.440. The molecule has 0 amide bonds. The number of carbonyl (C=O) groups excluding carboxylic acids is 1. The van der Waals surface area contributed by atoms with Gasteiger partial charge in [0.25, 0.3) is 0 Å². The van der Waals surface area contributed by atoms with Crippen LogP contribution >= 0.6 is 0 Å². The summed E-state index contributed by atoms with van der Waals surface area (Å²) in [5, 5.41) is 0.142. The Labute approximate surface area is 106 Å². The summed E-state index contributed by atoms with van der Waals surface area (Å²) in [6, 6.07) is 0. The van der Waals surface area contributed by atoms with Crippen molar-refractivity contribution in [2.24, 2.45) is 0 Å². The molecule has 0 aliphatic rings. The van der Waals surface area contributed by atoms with Crippen molar-refractivity contribution in [3.63, 3.8) is 0 Å². The maximum Gasteiger partial charge on any atom is 0.308 e. The van der Waals surface area contributed by atoms with Crippen LogP contribution in [-0.4, -0.2) is 27.5 Å². The largest absolute Gasteiger partial charge is 0.469 e. The van der Waals surface area contributed by atoms with Crippen molar-refractivity contribution in [3.8, 4) is 0 Å². The van der Waals surface area contributed by atoms with Crippen molar-refractivity contribution < 1.29 is 14.0 Å². The zero-order chi connectivity index (χ0) is 13.7. The number of ether oxygens (including phenoxy) is 1. The molecule has 0 heterocycles. The number of rotatable bonds is 5. The van der Waals surface area contributed by atoms with Crippen LogP contribution in [0.3, 0.4) is 0 Å². The lowest BCUT2D eigenvalue weighted by atomic mass is 10.2. The topological polar surface area (TPSA) is 35.5 Å². The van der Waals surface area contributed by atoms with E-state index in [0.29, 0.717) is 0 Å². The fourth-order valence-electron chi connectivity index (χ4n) is 1.17. The molecule has 0 saturated heterocycles. The lowest BCUT2D eigenvalue weighted by Gasteiger charge is -2.38. The van der Waals surface area contributed by atoms with Gasteiger partial charge < -0.3 is 9.16 Å². The van der Waals surface area contributed by atoms with E-state index < -0.39 is 8.32 Å². The second-order valence-electron chi connectivity index (χ2n) is 5.72. The van der Waals surface area contributed by atoms with Crippen molar-refractivity contribution in [2.75, 3.05) is 7.11 Å². The Hall–Kier alpha value is -0.613. The number of methoxy groups -OCH3 is 1. The van der Waals surface area contributed by atoms with Gasteiger partial charge in [-0.25, -0.2) is 0 Å². The normalized spacial score (nSPS) is 15.0. The average molecular weight is 258 g/mol. The Bertz CT molecular complexity index is 277. The average Bonchev–Trinajstić information content (AvgIpc) is 2.15. The molecule has 1 atom stereocenters. The summed E-state index contributed by atoms with van der Waals surface area (Å²) in [6.45, 7) is 12.8. The molecule has 0 radical (unpaired) electrons. The van der Waals surface area contributed by atoms with Gasteiger partial charge in [0, 0.05) is 0 Å². The molecule has 0 aliphatic carbocycles. The van der Waals surface area contributed by atoms with Gasteiger partial charge in [0.15, 0.2) is 8.32 Å². The van der Waals surface area contributed by atoms with Crippen molar-refractivity contribution in [1.82, 2.24) is 0 Å². The molecule has 0 N–H and O–H groups in total.